The molecule has 12 heteroatoms. The summed E-state index contributed by atoms with van der Waals surface area (Å²) in [6.45, 7) is 7.42. The van der Waals surface area contributed by atoms with Crippen LogP contribution in [-0.2, 0) is 24.0 Å². The van der Waals surface area contributed by atoms with E-state index in [1.165, 1.54) is 11.8 Å². The molecule has 190 valence electrons. The predicted molar refractivity (Wildman–Crippen MR) is 127 cm³/mol. The van der Waals surface area contributed by atoms with Crippen molar-refractivity contribution in [2.75, 3.05) is 12.0 Å². The Kier molecular flexibility index (Phi) is 14.4. The summed E-state index contributed by atoms with van der Waals surface area (Å²) >= 11 is 1.44. The molecule has 0 spiro atoms. The number of hydrogen-bond acceptors (Lipinski definition) is 7. The number of carboxylic acids is 1. The van der Waals surface area contributed by atoms with E-state index in [2.05, 4.69) is 16.0 Å². The fourth-order valence-electron chi connectivity index (χ4n) is 2.90. The van der Waals surface area contributed by atoms with Gasteiger partial charge in [0.15, 0.2) is 0 Å². The number of carbonyl (C=O) groups is 5. The second-order valence-corrected chi connectivity index (χ2v) is 9.18. The first-order valence-corrected chi connectivity index (χ1v) is 12.4. The fourth-order valence-corrected chi connectivity index (χ4v) is 3.37. The van der Waals surface area contributed by atoms with Crippen LogP contribution in [0.5, 0.6) is 0 Å². The van der Waals surface area contributed by atoms with Crippen LogP contribution in [0.2, 0.25) is 0 Å². The van der Waals surface area contributed by atoms with Gasteiger partial charge in [0.2, 0.25) is 23.6 Å². The van der Waals surface area contributed by atoms with Crippen molar-refractivity contribution in [2.45, 2.75) is 77.5 Å². The molecule has 0 bridgehead atoms. The van der Waals surface area contributed by atoms with Crippen LogP contribution in [0.4, 0.5) is 0 Å². The lowest BCUT2D eigenvalue weighted by atomic mass is 9.95. The Hall–Kier alpha value is -2.34. The lowest BCUT2D eigenvalue weighted by Gasteiger charge is -2.28. The Morgan fingerprint density at radius 3 is 1.88 bits per heavy atom. The largest absolute Gasteiger partial charge is 0.480 e. The summed E-state index contributed by atoms with van der Waals surface area (Å²) in [5, 5.41) is 16.8. The van der Waals surface area contributed by atoms with E-state index in [0.717, 1.165) is 0 Å². The second kappa shape index (κ2) is 15.5. The van der Waals surface area contributed by atoms with Gasteiger partial charge in [0, 0.05) is 0 Å². The van der Waals surface area contributed by atoms with Gasteiger partial charge in [-0.05, 0) is 30.3 Å². The minimum absolute atomic E-state index is 0.0797. The Bertz CT molecular complexity index is 692. The zero-order valence-corrected chi connectivity index (χ0v) is 20.9. The number of nitrogens with two attached hydrogens (primary N) is 2. The van der Waals surface area contributed by atoms with Crippen LogP contribution in [0.3, 0.4) is 0 Å². The quantitative estimate of drug-likeness (QED) is 0.168. The lowest BCUT2D eigenvalue weighted by molar-refractivity contribution is -0.143. The predicted octanol–water partition coefficient (Wildman–Crippen LogP) is -0.427. The zero-order chi connectivity index (χ0) is 25.7. The maximum Gasteiger partial charge on any atom is 0.326 e. The molecule has 11 nitrogen and oxygen atoms in total. The Morgan fingerprint density at radius 1 is 0.879 bits per heavy atom. The average molecular weight is 490 g/mol. The van der Waals surface area contributed by atoms with E-state index >= 15 is 0 Å². The third kappa shape index (κ3) is 10.9. The number of thioether (sulfide) groups is 1. The third-order valence-corrected chi connectivity index (χ3v) is 6.26. The molecule has 0 saturated heterocycles. The van der Waals surface area contributed by atoms with E-state index in [1.54, 1.807) is 6.92 Å². The summed E-state index contributed by atoms with van der Waals surface area (Å²) in [4.78, 5) is 60.9. The van der Waals surface area contributed by atoms with Crippen molar-refractivity contribution in [3.63, 3.8) is 0 Å². The van der Waals surface area contributed by atoms with Crippen LogP contribution >= 0.6 is 11.8 Å². The molecule has 6 unspecified atom stereocenters. The van der Waals surface area contributed by atoms with Gasteiger partial charge in [0.1, 0.15) is 18.1 Å². The van der Waals surface area contributed by atoms with Crippen LogP contribution in [-0.4, -0.2) is 70.9 Å². The molecule has 0 radical (unpaired) electrons. The first-order chi connectivity index (χ1) is 15.4. The van der Waals surface area contributed by atoms with Gasteiger partial charge in [0.05, 0.1) is 12.5 Å². The number of carbonyl (C=O) groups excluding carboxylic acids is 4. The van der Waals surface area contributed by atoms with Crippen LogP contribution in [0.15, 0.2) is 0 Å². The van der Waals surface area contributed by atoms with Gasteiger partial charge >= 0.3 is 5.97 Å². The molecule has 0 rings (SSSR count). The summed E-state index contributed by atoms with van der Waals surface area (Å²) in [5.41, 5.74) is 11.1. The van der Waals surface area contributed by atoms with E-state index in [0.29, 0.717) is 18.6 Å². The van der Waals surface area contributed by atoms with Crippen LogP contribution < -0.4 is 27.4 Å². The van der Waals surface area contributed by atoms with Gasteiger partial charge in [-0.15, -0.1) is 0 Å². The Balaban J connectivity index is 5.56. The summed E-state index contributed by atoms with van der Waals surface area (Å²) in [6.07, 6.45) is 2.74. The maximum absolute atomic E-state index is 13.1. The SMILES string of the molecule is CCC(C)C(N)C(=O)NC(C(=O)NC(CCSC)C(=O)NC(CC(N)=O)C(=O)O)C(C)CC. The van der Waals surface area contributed by atoms with E-state index in [-0.39, 0.29) is 18.3 Å². The molecule has 0 aromatic rings. The van der Waals surface area contributed by atoms with Crippen LogP contribution in [0.1, 0.15) is 53.4 Å². The molecule has 33 heavy (non-hydrogen) atoms. The van der Waals surface area contributed by atoms with E-state index in [4.69, 9.17) is 11.5 Å². The normalized spacial score (nSPS) is 16.4. The van der Waals surface area contributed by atoms with E-state index < -0.39 is 60.2 Å². The highest BCUT2D eigenvalue weighted by atomic mass is 32.2. The highest BCUT2D eigenvalue weighted by molar-refractivity contribution is 7.98. The van der Waals surface area contributed by atoms with Gasteiger partial charge in [-0.1, -0.05) is 40.5 Å². The molecule has 0 saturated carbocycles. The van der Waals surface area contributed by atoms with Gasteiger partial charge in [-0.3, -0.25) is 19.2 Å². The molecule has 6 atom stereocenters. The van der Waals surface area contributed by atoms with Gasteiger partial charge in [-0.2, -0.15) is 11.8 Å². The number of primary amides is 1. The topological polar surface area (TPSA) is 194 Å². The second-order valence-electron chi connectivity index (χ2n) is 8.20. The summed E-state index contributed by atoms with van der Waals surface area (Å²) in [6, 6.07) is -4.29. The Morgan fingerprint density at radius 2 is 1.42 bits per heavy atom. The van der Waals surface area contributed by atoms with Gasteiger partial charge in [-0.25, -0.2) is 4.79 Å². The Labute approximate surface area is 199 Å². The number of amides is 4. The molecular weight excluding hydrogens is 450 g/mol. The van der Waals surface area contributed by atoms with Crippen LogP contribution in [0.25, 0.3) is 0 Å². The number of nitrogens with one attached hydrogen (secondary N) is 3. The number of aliphatic carboxylic acids is 1. The van der Waals surface area contributed by atoms with Crippen molar-refractivity contribution in [1.29, 1.82) is 0 Å². The lowest BCUT2D eigenvalue weighted by Crippen LogP contribution is -2.59. The molecule has 4 amide bonds. The monoisotopic (exact) mass is 489 g/mol. The van der Waals surface area contributed by atoms with Crippen molar-refractivity contribution in [3.05, 3.63) is 0 Å². The minimum atomic E-state index is -1.51. The standard InChI is InChI=1S/C21H39N5O6S/c1-6-11(3)16(23)19(29)26-17(12(4)7-2)20(30)24-13(8-9-33-5)18(28)25-14(21(31)32)10-15(22)27/h11-14,16-17H,6-10,23H2,1-5H3,(H2,22,27)(H,24,30)(H,25,28)(H,26,29)(H,31,32). The van der Waals surface area contributed by atoms with Gasteiger partial charge in [0.25, 0.3) is 0 Å². The molecule has 0 aliphatic carbocycles. The number of carboxylic acid groups (broad SMARTS) is 1. The fraction of sp³-hybridized carbons (Fsp3) is 0.762. The van der Waals surface area contributed by atoms with Crippen LogP contribution in [0, 0.1) is 11.8 Å². The van der Waals surface area contributed by atoms with E-state index in [9.17, 15) is 29.1 Å². The van der Waals surface area contributed by atoms with Crippen molar-refractivity contribution in [2.24, 2.45) is 23.3 Å². The third-order valence-electron chi connectivity index (χ3n) is 5.62. The highest BCUT2D eigenvalue weighted by Gasteiger charge is 2.33. The first-order valence-electron chi connectivity index (χ1n) is 11.1. The summed E-state index contributed by atoms with van der Waals surface area (Å²) in [5.74, 6) is -3.90. The van der Waals surface area contributed by atoms with Crippen molar-refractivity contribution < 1.29 is 29.1 Å². The highest BCUT2D eigenvalue weighted by Crippen LogP contribution is 2.12. The molecule has 0 aliphatic rings. The first kappa shape index (κ1) is 30.7. The van der Waals surface area contributed by atoms with Crippen molar-refractivity contribution >= 4 is 41.4 Å². The summed E-state index contributed by atoms with van der Waals surface area (Å²) < 4.78 is 0. The molecule has 0 heterocycles. The average Bonchev–Trinajstić information content (AvgIpc) is 2.77. The minimum Gasteiger partial charge on any atom is -0.480 e. The number of rotatable bonds is 16. The van der Waals surface area contributed by atoms with Gasteiger partial charge < -0.3 is 32.5 Å². The zero-order valence-electron chi connectivity index (χ0n) is 20.1. The van der Waals surface area contributed by atoms with Crippen molar-refractivity contribution in [1.82, 2.24) is 16.0 Å². The van der Waals surface area contributed by atoms with E-state index in [1.807, 2.05) is 27.0 Å². The molecule has 0 aromatic heterocycles. The number of hydrogen-bond donors (Lipinski definition) is 6. The molecule has 0 aliphatic heterocycles. The molecule has 8 N–H and O–H groups in total. The molecule has 0 fully saturated rings. The van der Waals surface area contributed by atoms with Crippen molar-refractivity contribution in [3.8, 4) is 0 Å². The smallest absolute Gasteiger partial charge is 0.326 e. The maximum atomic E-state index is 13.1. The molecular formula is C21H39N5O6S. The molecule has 0 aromatic carbocycles. The summed E-state index contributed by atoms with van der Waals surface area (Å²) in [7, 11) is 0.